The Morgan fingerprint density at radius 2 is 2.06 bits per heavy atom. The number of rotatable bonds is 1. The van der Waals surface area contributed by atoms with Crippen LogP contribution >= 0.6 is 15.9 Å². The molecule has 1 aromatic heterocycles. The highest BCUT2D eigenvalue weighted by Crippen LogP contribution is 2.39. The van der Waals surface area contributed by atoms with Gasteiger partial charge in [-0.25, -0.2) is 4.98 Å². The maximum absolute atomic E-state index is 4.50. The van der Waals surface area contributed by atoms with Gasteiger partial charge < -0.3 is 10.2 Å². The molecule has 1 N–H and O–H groups in total. The molecule has 0 saturated carbocycles. The molecule has 1 spiro atoms. The lowest BCUT2D eigenvalue weighted by atomic mass is 9.78. The second-order valence-electron chi connectivity index (χ2n) is 5.26. The van der Waals surface area contributed by atoms with Crippen LogP contribution in [0.5, 0.6) is 0 Å². The van der Waals surface area contributed by atoms with E-state index in [9.17, 15) is 0 Å². The molecular weight excluding hydrogens is 278 g/mol. The van der Waals surface area contributed by atoms with Crippen molar-refractivity contribution in [3.63, 3.8) is 0 Å². The van der Waals surface area contributed by atoms with Gasteiger partial charge in [-0.2, -0.15) is 0 Å². The number of anilines is 1. The van der Waals surface area contributed by atoms with Crippen LogP contribution in [-0.2, 0) is 0 Å². The van der Waals surface area contributed by atoms with E-state index in [0.29, 0.717) is 5.41 Å². The van der Waals surface area contributed by atoms with E-state index in [1.807, 2.05) is 6.20 Å². The van der Waals surface area contributed by atoms with Gasteiger partial charge in [-0.05, 0) is 65.8 Å². The normalized spacial score (nSPS) is 23.2. The number of halogens is 1. The van der Waals surface area contributed by atoms with Crippen LogP contribution < -0.4 is 10.2 Å². The van der Waals surface area contributed by atoms with E-state index < -0.39 is 0 Å². The van der Waals surface area contributed by atoms with Gasteiger partial charge in [0.25, 0.3) is 0 Å². The predicted molar refractivity (Wildman–Crippen MR) is 73.3 cm³/mol. The third-order valence-electron chi connectivity index (χ3n) is 4.14. The molecule has 2 aliphatic heterocycles. The number of hydrogen-bond donors (Lipinski definition) is 1. The van der Waals surface area contributed by atoms with Gasteiger partial charge in [-0.3, -0.25) is 0 Å². The second-order valence-corrected chi connectivity index (χ2v) is 6.17. The van der Waals surface area contributed by atoms with Crippen LogP contribution in [-0.4, -0.2) is 31.2 Å². The van der Waals surface area contributed by atoms with E-state index in [1.165, 1.54) is 38.9 Å². The molecule has 2 aliphatic rings. The average molecular weight is 296 g/mol. The standard InChI is InChI=1S/C13H18BrN3/c14-11-1-2-12(16-9-11)17-8-5-13(10-17)3-6-15-7-4-13/h1-2,9,15H,3-8,10H2. The summed E-state index contributed by atoms with van der Waals surface area (Å²) in [6.45, 7) is 4.71. The van der Waals surface area contributed by atoms with Gasteiger partial charge >= 0.3 is 0 Å². The van der Waals surface area contributed by atoms with Crippen LogP contribution in [0.1, 0.15) is 19.3 Å². The highest BCUT2D eigenvalue weighted by Gasteiger charge is 2.39. The Morgan fingerprint density at radius 1 is 1.24 bits per heavy atom. The first-order valence-corrected chi connectivity index (χ1v) is 7.14. The first-order chi connectivity index (χ1) is 8.27. The predicted octanol–water partition coefficient (Wildman–Crippen LogP) is 2.42. The molecule has 92 valence electrons. The number of hydrogen-bond acceptors (Lipinski definition) is 3. The van der Waals surface area contributed by atoms with E-state index in [0.717, 1.165) is 16.8 Å². The van der Waals surface area contributed by atoms with Crippen LogP contribution in [0.15, 0.2) is 22.8 Å². The zero-order chi connectivity index (χ0) is 11.7. The molecule has 3 rings (SSSR count). The Kier molecular flexibility index (Phi) is 3.09. The molecular formula is C13H18BrN3. The summed E-state index contributed by atoms with van der Waals surface area (Å²) in [5.41, 5.74) is 0.556. The summed E-state index contributed by atoms with van der Waals surface area (Å²) in [4.78, 5) is 6.94. The van der Waals surface area contributed by atoms with Crippen molar-refractivity contribution in [2.45, 2.75) is 19.3 Å². The first kappa shape index (κ1) is 11.5. The second kappa shape index (κ2) is 4.58. The number of aromatic nitrogens is 1. The van der Waals surface area contributed by atoms with Crippen molar-refractivity contribution >= 4 is 21.7 Å². The molecule has 2 saturated heterocycles. The van der Waals surface area contributed by atoms with E-state index in [1.54, 1.807) is 0 Å². The topological polar surface area (TPSA) is 28.2 Å². The summed E-state index contributed by atoms with van der Waals surface area (Å²) < 4.78 is 1.05. The van der Waals surface area contributed by atoms with E-state index in [4.69, 9.17) is 0 Å². The maximum Gasteiger partial charge on any atom is 0.128 e. The smallest absolute Gasteiger partial charge is 0.128 e. The molecule has 3 heterocycles. The lowest BCUT2D eigenvalue weighted by molar-refractivity contribution is 0.232. The fraction of sp³-hybridized carbons (Fsp3) is 0.615. The van der Waals surface area contributed by atoms with E-state index in [-0.39, 0.29) is 0 Å². The van der Waals surface area contributed by atoms with Gasteiger partial charge in [-0.1, -0.05) is 0 Å². The van der Waals surface area contributed by atoms with Gasteiger partial charge in [0, 0.05) is 23.8 Å². The summed E-state index contributed by atoms with van der Waals surface area (Å²) in [6.07, 6.45) is 5.86. The van der Waals surface area contributed by atoms with Crippen molar-refractivity contribution in [3.05, 3.63) is 22.8 Å². The zero-order valence-corrected chi connectivity index (χ0v) is 11.5. The molecule has 0 bridgehead atoms. The van der Waals surface area contributed by atoms with Crippen molar-refractivity contribution in [3.8, 4) is 0 Å². The Labute approximate surface area is 111 Å². The van der Waals surface area contributed by atoms with Crippen LogP contribution in [0.4, 0.5) is 5.82 Å². The molecule has 0 radical (unpaired) electrons. The Bertz CT molecular complexity index is 384. The van der Waals surface area contributed by atoms with Crippen molar-refractivity contribution in [2.24, 2.45) is 5.41 Å². The molecule has 0 amide bonds. The number of nitrogens with zero attached hydrogens (tertiary/aromatic N) is 2. The van der Waals surface area contributed by atoms with Gasteiger partial charge in [0.05, 0.1) is 0 Å². The third-order valence-corrected chi connectivity index (χ3v) is 4.61. The van der Waals surface area contributed by atoms with Crippen LogP contribution in [0, 0.1) is 5.41 Å². The minimum Gasteiger partial charge on any atom is -0.356 e. The largest absolute Gasteiger partial charge is 0.356 e. The Balaban J connectivity index is 1.72. The molecule has 0 aliphatic carbocycles. The van der Waals surface area contributed by atoms with Crippen LogP contribution in [0.2, 0.25) is 0 Å². The molecule has 17 heavy (non-hydrogen) atoms. The monoisotopic (exact) mass is 295 g/mol. The third kappa shape index (κ3) is 2.33. The van der Waals surface area contributed by atoms with E-state index >= 15 is 0 Å². The molecule has 3 nitrogen and oxygen atoms in total. The minimum atomic E-state index is 0.556. The van der Waals surface area contributed by atoms with Gasteiger partial charge in [0.2, 0.25) is 0 Å². The Hall–Kier alpha value is -0.610. The highest BCUT2D eigenvalue weighted by atomic mass is 79.9. The van der Waals surface area contributed by atoms with Crippen LogP contribution in [0.25, 0.3) is 0 Å². The quantitative estimate of drug-likeness (QED) is 0.862. The summed E-state index contributed by atoms with van der Waals surface area (Å²) >= 11 is 3.43. The molecule has 0 atom stereocenters. The summed E-state index contributed by atoms with van der Waals surface area (Å²) in [6, 6.07) is 4.19. The molecule has 1 aromatic rings. The molecule has 2 fully saturated rings. The lowest BCUT2D eigenvalue weighted by Gasteiger charge is -2.33. The summed E-state index contributed by atoms with van der Waals surface area (Å²) in [5.74, 6) is 1.13. The average Bonchev–Trinajstić information content (AvgIpc) is 2.75. The van der Waals surface area contributed by atoms with Crippen molar-refractivity contribution < 1.29 is 0 Å². The molecule has 4 heteroatoms. The Morgan fingerprint density at radius 3 is 2.76 bits per heavy atom. The maximum atomic E-state index is 4.50. The SMILES string of the molecule is Brc1ccc(N2CCC3(CCNCC3)C2)nc1. The van der Waals surface area contributed by atoms with Gasteiger partial charge in [0.1, 0.15) is 5.82 Å². The van der Waals surface area contributed by atoms with Crippen molar-refractivity contribution in [2.75, 3.05) is 31.1 Å². The highest BCUT2D eigenvalue weighted by molar-refractivity contribution is 9.10. The van der Waals surface area contributed by atoms with E-state index in [2.05, 4.69) is 43.3 Å². The van der Waals surface area contributed by atoms with Gasteiger partial charge in [-0.15, -0.1) is 0 Å². The fourth-order valence-electron chi connectivity index (χ4n) is 3.05. The van der Waals surface area contributed by atoms with Gasteiger partial charge in [0.15, 0.2) is 0 Å². The number of piperidine rings is 1. The zero-order valence-electron chi connectivity index (χ0n) is 9.95. The van der Waals surface area contributed by atoms with Crippen LogP contribution in [0.3, 0.4) is 0 Å². The lowest BCUT2D eigenvalue weighted by Crippen LogP contribution is -2.38. The number of nitrogens with one attached hydrogen (secondary N) is 1. The fourth-order valence-corrected chi connectivity index (χ4v) is 3.29. The van der Waals surface area contributed by atoms with Crippen molar-refractivity contribution in [1.82, 2.24) is 10.3 Å². The molecule has 0 unspecified atom stereocenters. The summed E-state index contributed by atoms with van der Waals surface area (Å²) in [7, 11) is 0. The van der Waals surface area contributed by atoms with Crippen molar-refractivity contribution in [1.29, 1.82) is 0 Å². The number of pyridine rings is 1. The minimum absolute atomic E-state index is 0.556. The first-order valence-electron chi connectivity index (χ1n) is 6.35. The molecule has 0 aromatic carbocycles. The summed E-state index contributed by atoms with van der Waals surface area (Å²) in [5, 5.41) is 3.46.